The largest absolute Gasteiger partial charge is 0.338 e. The molecule has 3 nitrogen and oxygen atoms in total. The highest BCUT2D eigenvalue weighted by Crippen LogP contribution is 2.34. The number of aromatic nitrogens is 1. The molecule has 0 spiro atoms. The van der Waals surface area contributed by atoms with Crippen LogP contribution in [0.2, 0.25) is 15.1 Å². The Labute approximate surface area is 125 Å². The topological polar surface area (TPSA) is 48.7 Å². The molecule has 0 atom stereocenters. The number of aryl methyl sites for hydroxylation is 1. The molecule has 6 heteroatoms. The number of nitrogens with one attached hydrogen (secondary N) is 1. The van der Waals surface area contributed by atoms with Crippen LogP contribution in [-0.4, -0.2) is 4.98 Å². The van der Waals surface area contributed by atoms with Gasteiger partial charge in [0.1, 0.15) is 11.9 Å². The lowest BCUT2D eigenvalue weighted by Gasteiger charge is -2.11. The first-order valence-corrected chi connectivity index (χ1v) is 6.43. The molecule has 0 bridgehead atoms. The van der Waals surface area contributed by atoms with Gasteiger partial charge in [0.25, 0.3) is 0 Å². The summed E-state index contributed by atoms with van der Waals surface area (Å²) in [4.78, 5) is 4.13. The average molecular weight is 313 g/mol. The second-order valence-electron chi connectivity index (χ2n) is 3.83. The summed E-state index contributed by atoms with van der Waals surface area (Å²) in [6.45, 7) is 1.84. The fourth-order valence-corrected chi connectivity index (χ4v) is 2.13. The van der Waals surface area contributed by atoms with Gasteiger partial charge in [-0.3, -0.25) is 0 Å². The SMILES string of the molecule is Cc1ccnc(Nc2cc(Cl)c(Cl)cc2Cl)c1C#N. The number of benzene rings is 1. The molecule has 1 aromatic heterocycles. The molecular weight excluding hydrogens is 305 g/mol. The van der Waals surface area contributed by atoms with E-state index < -0.39 is 0 Å². The monoisotopic (exact) mass is 311 g/mol. The van der Waals surface area contributed by atoms with Crippen molar-refractivity contribution in [1.29, 1.82) is 5.26 Å². The van der Waals surface area contributed by atoms with Crippen molar-refractivity contribution in [1.82, 2.24) is 4.98 Å². The Kier molecular flexibility index (Phi) is 4.16. The number of nitriles is 1. The number of hydrogen-bond acceptors (Lipinski definition) is 3. The lowest BCUT2D eigenvalue weighted by atomic mass is 10.1. The summed E-state index contributed by atoms with van der Waals surface area (Å²) in [6.07, 6.45) is 1.62. The lowest BCUT2D eigenvalue weighted by molar-refractivity contribution is 1.24. The Hall–Kier alpha value is -1.47. The van der Waals surface area contributed by atoms with Crippen molar-refractivity contribution in [2.45, 2.75) is 6.92 Å². The molecule has 0 amide bonds. The summed E-state index contributed by atoms with van der Waals surface area (Å²) in [6, 6.07) is 7.00. The fraction of sp³-hybridized carbons (Fsp3) is 0.0769. The van der Waals surface area contributed by atoms with Crippen molar-refractivity contribution < 1.29 is 0 Å². The van der Waals surface area contributed by atoms with E-state index in [4.69, 9.17) is 40.1 Å². The molecule has 1 aromatic carbocycles. The van der Waals surface area contributed by atoms with Crippen LogP contribution in [0, 0.1) is 18.3 Å². The molecule has 0 saturated heterocycles. The third kappa shape index (κ3) is 2.93. The molecule has 0 fully saturated rings. The fourth-order valence-electron chi connectivity index (χ4n) is 1.54. The molecule has 0 aliphatic heterocycles. The van der Waals surface area contributed by atoms with Crippen LogP contribution in [0.15, 0.2) is 24.4 Å². The van der Waals surface area contributed by atoms with Gasteiger partial charge in [-0.2, -0.15) is 5.26 Å². The number of nitrogens with zero attached hydrogens (tertiary/aromatic N) is 2. The molecule has 2 rings (SSSR count). The van der Waals surface area contributed by atoms with E-state index in [0.29, 0.717) is 32.1 Å². The zero-order chi connectivity index (χ0) is 14.0. The molecule has 1 heterocycles. The van der Waals surface area contributed by atoms with Gasteiger partial charge in [-0.05, 0) is 30.7 Å². The lowest BCUT2D eigenvalue weighted by Crippen LogP contribution is -1.99. The standard InChI is InChI=1S/C13H8Cl3N3/c1-7-2-3-18-13(8(7)6-17)19-12-5-10(15)9(14)4-11(12)16/h2-5H,1H3,(H,18,19). The van der Waals surface area contributed by atoms with Crippen LogP contribution < -0.4 is 5.32 Å². The van der Waals surface area contributed by atoms with Gasteiger partial charge < -0.3 is 5.32 Å². The second kappa shape index (κ2) is 5.66. The Morgan fingerprint density at radius 1 is 1.16 bits per heavy atom. The van der Waals surface area contributed by atoms with Crippen LogP contribution in [0.25, 0.3) is 0 Å². The Morgan fingerprint density at radius 3 is 2.53 bits per heavy atom. The maximum absolute atomic E-state index is 9.14. The molecule has 0 radical (unpaired) electrons. The summed E-state index contributed by atoms with van der Waals surface area (Å²) in [5, 5.41) is 13.3. The molecule has 1 N–H and O–H groups in total. The predicted molar refractivity (Wildman–Crippen MR) is 78.4 cm³/mol. The first-order chi connectivity index (χ1) is 9.02. The Morgan fingerprint density at radius 2 is 1.84 bits per heavy atom. The number of halogens is 3. The van der Waals surface area contributed by atoms with E-state index in [1.54, 1.807) is 18.3 Å². The number of rotatable bonds is 2. The summed E-state index contributed by atoms with van der Waals surface area (Å²) >= 11 is 17.9. The van der Waals surface area contributed by atoms with Crippen LogP contribution in [-0.2, 0) is 0 Å². The predicted octanol–water partition coefficient (Wildman–Crippen LogP) is 4.97. The highest BCUT2D eigenvalue weighted by atomic mass is 35.5. The molecular formula is C13H8Cl3N3. The van der Waals surface area contributed by atoms with Crippen LogP contribution in [0.5, 0.6) is 0 Å². The van der Waals surface area contributed by atoms with E-state index in [2.05, 4.69) is 16.4 Å². The molecule has 2 aromatic rings. The van der Waals surface area contributed by atoms with Gasteiger partial charge in [-0.1, -0.05) is 34.8 Å². The molecule has 19 heavy (non-hydrogen) atoms. The summed E-state index contributed by atoms with van der Waals surface area (Å²) < 4.78 is 0. The zero-order valence-corrected chi connectivity index (χ0v) is 12.1. The Balaban J connectivity index is 2.45. The van der Waals surface area contributed by atoms with E-state index in [1.807, 2.05) is 6.92 Å². The maximum atomic E-state index is 9.14. The van der Waals surface area contributed by atoms with Gasteiger partial charge in [-0.15, -0.1) is 0 Å². The zero-order valence-electron chi connectivity index (χ0n) is 9.84. The van der Waals surface area contributed by atoms with E-state index in [1.165, 1.54) is 6.07 Å². The minimum Gasteiger partial charge on any atom is -0.338 e. The van der Waals surface area contributed by atoms with Crippen LogP contribution in [0.3, 0.4) is 0 Å². The van der Waals surface area contributed by atoms with Gasteiger partial charge in [0, 0.05) is 6.20 Å². The van der Waals surface area contributed by atoms with E-state index in [0.717, 1.165) is 5.56 Å². The minimum atomic E-state index is 0.370. The normalized spacial score (nSPS) is 10.1. The summed E-state index contributed by atoms with van der Waals surface area (Å²) in [5.74, 6) is 0.433. The van der Waals surface area contributed by atoms with Crippen LogP contribution >= 0.6 is 34.8 Å². The highest BCUT2D eigenvalue weighted by Gasteiger charge is 2.10. The quantitative estimate of drug-likeness (QED) is 0.797. The first-order valence-electron chi connectivity index (χ1n) is 5.30. The average Bonchev–Trinajstić information content (AvgIpc) is 2.36. The van der Waals surface area contributed by atoms with Crippen molar-refractivity contribution in [3.63, 3.8) is 0 Å². The van der Waals surface area contributed by atoms with Gasteiger partial charge in [0.15, 0.2) is 0 Å². The molecule has 0 saturated carbocycles. The molecule has 96 valence electrons. The van der Waals surface area contributed by atoms with E-state index >= 15 is 0 Å². The smallest absolute Gasteiger partial charge is 0.148 e. The Bertz CT molecular complexity index is 678. The van der Waals surface area contributed by atoms with Gasteiger partial charge in [0.2, 0.25) is 0 Å². The molecule has 0 aliphatic rings. The number of anilines is 2. The summed E-state index contributed by atoms with van der Waals surface area (Å²) in [7, 11) is 0. The second-order valence-corrected chi connectivity index (χ2v) is 5.06. The number of pyridine rings is 1. The van der Waals surface area contributed by atoms with Crippen molar-refractivity contribution in [3.8, 4) is 6.07 Å². The third-order valence-corrected chi connectivity index (χ3v) is 3.57. The van der Waals surface area contributed by atoms with Crippen molar-refractivity contribution in [2.75, 3.05) is 5.32 Å². The van der Waals surface area contributed by atoms with E-state index in [9.17, 15) is 0 Å². The van der Waals surface area contributed by atoms with Gasteiger partial charge >= 0.3 is 0 Å². The van der Waals surface area contributed by atoms with E-state index in [-0.39, 0.29) is 0 Å². The van der Waals surface area contributed by atoms with Crippen LogP contribution in [0.4, 0.5) is 11.5 Å². The third-order valence-electron chi connectivity index (χ3n) is 2.53. The van der Waals surface area contributed by atoms with Gasteiger partial charge in [0.05, 0.1) is 26.3 Å². The van der Waals surface area contributed by atoms with Crippen molar-refractivity contribution in [3.05, 3.63) is 50.6 Å². The number of hydrogen-bond donors (Lipinski definition) is 1. The van der Waals surface area contributed by atoms with Crippen molar-refractivity contribution in [2.24, 2.45) is 0 Å². The van der Waals surface area contributed by atoms with Crippen LogP contribution in [0.1, 0.15) is 11.1 Å². The molecule has 0 aliphatic carbocycles. The molecule has 0 unspecified atom stereocenters. The highest BCUT2D eigenvalue weighted by molar-refractivity contribution is 6.44. The van der Waals surface area contributed by atoms with Gasteiger partial charge in [-0.25, -0.2) is 4.98 Å². The first kappa shape index (κ1) is 14.0. The maximum Gasteiger partial charge on any atom is 0.148 e. The van der Waals surface area contributed by atoms with Crippen molar-refractivity contribution >= 4 is 46.3 Å². The minimum absolute atomic E-state index is 0.370. The summed E-state index contributed by atoms with van der Waals surface area (Å²) in [5.41, 5.74) is 1.84.